The third-order valence-electron chi connectivity index (χ3n) is 5.18. The van der Waals surface area contributed by atoms with Gasteiger partial charge in [-0.15, -0.1) is 0 Å². The maximum absolute atomic E-state index is 13.1. The summed E-state index contributed by atoms with van der Waals surface area (Å²) in [5.74, 6) is 1.53. The van der Waals surface area contributed by atoms with Crippen molar-refractivity contribution in [3.05, 3.63) is 82.4 Å². The molecule has 0 bridgehead atoms. The van der Waals surface area contributed by atoms with Crippen LogP contribution < -0.4 is 15.0 Å². The molecule has 0 aliphatic carbocycles. The van der Waals surface area contributed by atoms with E-state index in [1.54, 1.807) is 31.2 Å². The number of fused-ring (bicyclic) bond motifs is 1. The fourth-order valence-electron chi connectivity index (χ4n) is 3.50. The largest absolute Gasteiger partial charge is 0.497 e. The van der Waals surface area contributed by atoms with Gasteiger partial charge in [-0.3, -0.25) is 4.79 Å². The van der Waals surface area contributed by atoms with E-state index < -0.39 is 0 Å². The Morgan fingerprint density at radius 2 is 1.57 bits per heavy atom. The molecule has 2 aromatic carbocycles. The number of rotatable bonds is 7. The number of aliphatic hydroxyl groups is 1. The first-order valence-corrected chi connectivity index (χ1v) is 9.63. The van der Waals surface area contributed by atoms with Gasteiger partial charge in [0.2, 0.25) is 0 Å². The molecule has 0 saturated heterocycles. The van der Waals surface area contributed by atoms with Gasteiger partial charge in [0.1, 0.15) is 17.0 Å². The molecule has 0 spiro atoms. The van der Waals surface area contributed by atoms with Crippen molar-refractivity contribution < 1.29 is 14.6 Å². The predicted octanol–water partition coefficient (Wildman–Crippen LogP) is 2.92. The number of benzene rings is 2. The van der Waals surface area contributed by atoms with E-state index in [1.165, 1.54) is 4.52 Å². The molecule has 0 unspecified atom stereocenters. The molecular formula is C23H23N3O4. The van der Waals surface area contributed by atoms with E-state index >= 15 is 0 Å². The topological polar surface area (TPSA) is 78.0 Å². The van der Waals surface area contributed by atoms with Gasteiger partial charge in [-0.05, 0) is 48.4 Å². The average Bonchev–Trinajstić information content (AvgIpc) is 3.18. The minimum Gasteiger partial charge on any atom is -0.497 e. The molecular weight excluding hydrogens is 382 g/mol. The SMILES string of the molecule is COc1ccc(CCn2ccn3nc(-c4ccc(OC)cc4)c(CO)c3c2=O)cc1. The first kappa shape index (κ1) is 19.7. The number of aryl methyl sites for hydroxylation is 2. The Morgan fingerprint density at radius 3 is 2.17 bits per heavy atom. The van der Waals surface area contributed by atoms with E-state index in [9.17, 15) is 9.90 Å². The molecule has 4 aromatic rings. The lowest BCUT2D eigenvalue weighted by molar-refractivity contribution is 0.283. The zero-order chi connectivity index (χ0) is 21.1. The molecule has 0 aliphatic rings. The van der Waals surface area contributed by atoms with Crippen LogP contribution in [0.25, 0.3) is 16.8 Å². The van der Waals surface area contributed by atoms with Gasteiger partial charge in [-0.1, -0.05) is 12.1 Å². The lowest BCUT2D eigenvalue weighted by Crippen LogP contribution is -2.23. The molecule has 0 atom stereocenters. The molecule has 0 radical (unpaired) electrons. The van der Waals surface area contributed by atoms with Crippen LogP contribution in [0.1, 0.15) is 11.1 Å². The molecule has 0 saturated carbocycles. The highest BCUT2D eigenvalue weighted by Gasteiger charge is 2.17. The Kier molecular flexibility index (Phi) is 5.54. The minimum absolute atomic E-state index is 0.178. The van der Waals surface area contributed by atoms with Crippen molar-refractivity contribution in [3.8, 4) is 22.8 Å². The predicted molar refractivity (Wildman–Crippen MR) is 114 cm³/mol. The fourth-order valence-corrected chi connectivity index (χ4v) is 3.50. The van der Waals surface area contributed by atoms with Gasteiger partial charge in [-0.25, -0.2) is 4.52 Å². The molecule has 30 heavy (non-hydrogen) atoms. The van der Waals surface area contributed by atoms with Crippen LogP contribution >= 0.6 is 0 Å². The molecule has 0 fully saturated rings. The quantitative estimate of drug-likeness (QED) is 0.512. The van der Waals surface area contributed by atoms with Gasteiger partial charge in [0.25, 0.3) is 5.56 Å². The Hall–Kier alpha value is -3.58. The van der Waals surface area contributed by atoms with Crippen molar-refractivity contribution in [1.82, 2.24) is 14.2 Å². The summed E-state index contributed by atoms with van der Waals surface area (Å²) in [4.78, 5) is 13.1. The summed E-state index contributed by atoms with van der Waals surface area (Å²) >= 11 is 0. The highest BCUT2D eigenvalue weighted by Crippen LogP contribution is 2.26. The molecule has 2 heterocycles. The van der Waals surface area contributed by atoms with Gasteiger partial charge < -0.3 is 19.1 Å². The molecule has 1 N–H and O–H groups in total. The number of ether oxygens (including phenoxy) is 2. The Bertz CT molecular complexity index is 1210. The molecule has 7 nitrogen and oxygen atoms in total. The molecule has 0 aliphatic heterocycles. The number of nitrogens with zero attached hydrogens (tertiary/aromatic N) is 3. The van der Waals surface area contributed by atoms with E-state index in [-0.39, 0.29) is 12.2 Å². The molecule has 4 rings (SSSR count). The second-order valence-electron chi connectivity index (χ2n) is 6.90. The van der Waals surface area contributed by atoms with Crippen LogP contribution in [0.15, 0.2) is 65.7 Å². The van der Waals surface area contributed by atoms with Crippen LogP contribution in [0, 0.1) is 0 Å². The Balaban J connectivity index is 1.67. The maximum Gasteiger partial charge on any atom is 0.276 e. The summed E-state index contributed by atoms with van der Waals surface area (Å²) in [5.41, 5.74) is 3.24. The standard InChI is InChI=1S/C23H23N3O4/c1-29-18-7-3-16(4-8-18)11-12-25-13-14-26-22(23(25)28)20(15-27)21(24-26)17-5-9-19(30-2)10-6-17/h3-10,13-14,27H,11-12,15H2,1-2H3. The minimum atomic E-state index is -0.275. The van der Waals surface area contributed by atoms with Crippen molar-refractivity contribution >= 4 is 5.52 Å². The first-order chi connectivity index (χ1) is 14.6. The molecule has 2 aromatic heterocycles. The summed E-state index contributed by atoms with van der Waals surface area (Å²) < 4.78 is 13.6. The maximum atomic E-state index is 13.1. The summed E-state index contributed by atoms with van der Waals surface area (Å²) in [6.45, 7) is 0.248. The number of methoxy groups -OCH3 is 2. The smallest absolute Gasteiger partial charge is 0.276 e. The highest BCUT2D eigenvalue weighted by atomic mass is 16.5. The van der Waals surface area contributed by atoms with Crippen molar-refractivity contribution in [3.63, 3.8) is 0 Å². The second kappa shape index (κ2) is 8.42. The Morgan fingerprint density at radius 1 is 0.933 bits per heavy atom. The fraction of sp³-hybridized carbons (Fsp3) is 0.217. The lowest BCUT2D eigenvalue weighted by Gasteiger charge is -2.07. The summed E-state index contributed by atoms with van der Waals surface area (Å²) in [6.07, 6.45) is 4.18. The van der Waals surface area contributed by atoms with E-state index in [1.807, 2.05) is 48.5 Å². The van der Waals surface area contributed by atoms with Crippen molar-refractivity contribution in [2.24, 2.45) is 0 Å². The van der Waals surface area contributed by atoms with Gasteiger partial charge in [0, 0.05) is 30.1 Å². The average molecular weight is 405 g/mol. The zero-order valence-corrected chi connectivity index (χ0v) is 16.9. The Labute approximate surface area is 173 Å². The number of hydrogen-bond donors (Lipinski definition) is 1. The van der Waals surface area contributed by atoms with Gasteiger partial charge in [0.15, 0.2) is 0 Å². The van der Waals surface area contributed by atoms with E-state index in [0.29, 0.717) is 29.7 Å². The van der Waals surface area contributed by atoms with Crippen molar-refractivity contribution in [2.75, 3.05) is 14.2 Å². The van der Waals surface area contributed by atoms with E-state index in [2.05, 4.69) is 5.10 Å². The summed E-state index contributed by atoms with van der Waals surface area (Å²) in [5, 5.41) is 14.5. The van der Waals surface area contributed by atoms with Crippen LogP contribution in [-0.4, -0.2) is 33.5 Å². The monoisotopic (exact) mass is 405 g/mol. The van der Waals surface area contributed by atoms with Crippen LogP contribution in [0.5, 0.6) is 11.5 Å². The third kappa shape index (κ3) is 3.67. The zero-order valence-electron chi connectivity index (χ0n) is 16.9. The van der Waals surface area contributed by atoms with Gasteiger partial charge in [-0.2, -0.15) is 5.10 Å². The van der Waals surface area contributed by atoms with Crippen LogP contribution in [0.4, 0.5) is 0 Å². The van der Waals surface area contributed by atoms with E-state index in [0.717, 1.165) is 22.6 Å². The third-order valence-corrected chi connectivity index (χ3v) is 5.18. The van der Waals surface area contributed by atoms with Crippen LogP contribution in [-0.2, 0) is 19.6 Å². The lowest BCUT2D eigenvalue weighted by atomic mass is 10.1. The summed E-state index contributed by atoms with van der Waals surface area (Å²) in [7, 11) is 3.24. The van der Waals surface area contributed by atoms with Crippen molar-refractivity contribution in [1.29, 1.82) is 0 Å². The van der Waals surface area contributed by atoms with Crippen LogP contribution in [0.3, 0.4) is 0 Å². The van der Waals surface area contributed by atoms with Crippen molar-refractivity contribution in [2.45, 2.75) is 19.6 Å². The van der Waals surface area contributed by atoms with E-state index in [4.69, 9.17) is 9.47 Å². The number of aliphatic hydroxyl groups excluding tert-OH is 1. The molecule has 0 amide bonds. The highest BCUT2D eigenvalue weighted by molar-refractivity contribution is 5.72. The van der Waals surface area contributed by atoms with Gasteiger partial charge in [0.05, 0.1) is 26.5 Å². The first-order valence-electron chi connectivity index (χ1n) is 9.63. The molecule has 7 heteroatoms. The normalized spacial score (nSPS) is 11.0. The second-order valence-corrected chi connectivity index (χ2v) is 6.90. The number of aromatic nitrogens is 3. The number of hydrogen-bond acceptors (Lipinski definition) is 5. The molecule has 154 valence electrons. The summed E-state index contributed by atoms with van der Waals surface area (Å²) in [6, 6.07) is 15.2. The van der Waals surface area contributed by atoms with Crippen LogP contribution in [0.2, 0.25) is 0 Å². The van der Waals surface area contributed by atoms with Gasteiger partial charge >= 0.3 is 0 Å².